The molecule has 1 N–H and O–H groups in total. The molecule has 2 rings (SSSR count). The first kappa shape index (κ1) is 9.33. The highest BCUT2D eigenvalue weighted by Crippen LogP contribution is 2.26. The fourth-order valence-corrected chi connectivity index (χ4v) is 2.09. The van der Waals surface area contributed by atoms with Crippen LogP contribution in [0.3, 0.4) is 0 Å². The minimum Gasteiger partial charge on any atom is -0.386 e. The van der Waals surface area contributed by atoms with Crippen LogP contribution >= 0.6 is 11.3 Å². The van der Waals surface area contributed by atoms with Crippen LogP contribution < -0.4 is 5.32 Å². The predicted octanol–water partition coefficient (Wildman–Crippen LogP) is 3.24. The summed E-state index contributed by atoms with van der Waals surface area (Å²) in [6.45, 7) is 7.14. The third-order valence-electron chi connectivity index (χ3n) is 1.75. The number of allylic oxidation sites excluding steroid dienone is 1. The Kier molecular flexibility index (Phi) is 3.35. The van der Waals surface area contributed by atoms with Gasteiger partial charge in [-0.2, -0.15) is 0 Å². The van der Waals surface area contributed by atoms with Crippen molar-refractivity contribution in [2.75, 3.05) is 0 Å². The molecule has 1 aromatic heterocycles. The Morgan fingerprint density at radius 2 is 2.17 bits per heavy atom. The molecule has 0 saturated heterocycles. The molecule has 0 atom stereocenters. The minimum atomic E-state index is 1.00. The molecule has 0 radical (unpaired) electrons. The fourth-order valence-electron chi connectivity index (χ4n) is 1.20. The van der Waals surface area contributed by atoms with Crippen LogP contribution in [0.15, 0.2) is 17.6 Å². The lowest BCUT2D eigenvalue weighted by atomic mass is 10.1. The Balaban J connectivity index is 0.000000336. The smallest absolute Gasteiger partial charge is 0.0494 e. The average Bonchev–Trinajstić information content (AvgIpc) is 2.57. The first-order chi connectivity index (χ1) is 5.88. The maximum absolute atomic E-state index is 3.23. The lowest BCUT2D eigenvalue weighted by molar-refractivity contribution is 0.869. The first-order valence-electron chi connectivity index (χ1n) is 4.35. The van der Waals surface area contributed by atoms with E-state index in [4.69, 9.17) is 0 Å². The predicted molar refractivity (Wildman–Crippen MR) is 56.2 cm³/mol. The van der Waals surface area contributed by atoms with Crippen LogP contribution in [0.1, 0.15) is 31.2 Å². The van der Waals surface area contributed by atoms with Crippen molar-refractivity contribution >= 4 is 16.9 Å². The average molecular weight is 181 g/mol. The van der Waals surface area contributed by atoms with E-state index in [0.29, 0.717) is 0 Å². The highest BCUT2D eigenvalue weighted by atomic mass is 32.1. The second kappa shape index (κ2) is 4.31. The van der Waals surface area contributed by atoms with Crippen LogP contribution in [0.4, 0.5) is 0 Å². The Morgan fingerprint density at radius 1 is 1.42 bits per heavy atom. The summed E-state index contributed by atoms with van der Waals surface area (Å²) in [5.74, 6) is 0. The van der Waals surface area contributed by atoms with Gasteiger partial charge in [-0.25, -0.2) is 0 Å². The van der Waals surface area contributed by atoms with Crippen LogP contribution in [-0.2, 0) is 6.54 Å². The molecule has 2 heterocycles. The van der Waals surface area contributed by atoms with Crippen LogP contribution in [0, 0.1) is 0 Å². The van der Waals surface area contributed by atoms with Gasteiger partial charge in [0.2, 0.25) is 0 Å². The summed E-state index contributed by atoms with van der Waals surface area (Å²) in [6, 6.07) is 2.19. The molecule has 0 aliphatic carbocycles. The standard InChI is InChI=1S/C8H9NS.C2H6/c1-6-4-9-5-8-7(6)2-3-10-8;1-2/h2-4,9H,5H2,1H3;1-2H3. The van der Waals surface area contributed by atoms with Gasteiger partial charge in [0, 0.05) is 17.6 Å². The fraction of sp³-hybridized carbons (Fsp3) is 0.400. The highest BCUT2D eigenvalue weighted by molar-refractivity contribution is 7.10. The lowest BCUT2D eigenvalue weighted by Gasteiger charge is -2.10. The molecule has 12 heavy (non-hydrogen) atoms. The molecule has 1 aliphatic rings. The Bertz CT molecular complexity index is 273. The summed E-state index contributed by atoms with van der Waals surface area (Å²) in [5, 5.41) is 5.37. The second-order valence-corrected chi connectivity index (χ2v) is 3.47. The van der Waals surface area contributed by atoms with E-state index in [0.717, 1.165) is 6.54 Å². The van der Waals surface area contributed by atoms with Gasteiger partial charge < -0.3 is 5.32 Å². The molecule has 0 spiro atoms. The van der Waals surface area contributed by atoms with Crippen LogP contribution in [0.25, 0.3) is 5.57 Å². The number of rotatable bonds is 0. The molecular formula is C10H15NS. The normalized spacial score (nSPS) is 13.4. The molecule has 0 unspecified atom stereocenters. The van der Waals surface area contributed by atoms with Gasteiger partial charge in [0.25, 0.3) is 0 Å². The van der Waals surface area contributed by atoms with Crippen molar-refractivity contribution in [1.29, 1.82) is 0 Å². The molecule has 0 amide bonds. The van der Waals surface area contributed by atoms with Gasteiger partial charge in [0.15, 0.2) is 0 Å². The quantitative estimate of drug-likeness (QED) is 0.648. The van der Waals surface area contributed by atoms with E-state index >= 15 is 0 Å². The van der Waals surface area contributed by atoms with Crippen molar-refractivity contribution in [3.05, 3.63) is 28.1 Å². The van der Waals surface area contributed by atoms with Gasteiger partial charge in [-0.1, -0.05) is 13.8 Å². The zero-order valence-corrected chi connectivity index (χ0v) is 8.66. The monoisotopic (exact) mass is 181 g/mol. The molecule has 1 aliphatic heterocycles. The van der Waals surface area contributed by atoms with Gasteiger partial charge in [-0.05, 0) is 29.5 Å². The largest absolute Gasteiger partial charge is 0.386 e. The first-order valence-corrected chi connectivity index (χ1v) is 5.23. The van der Waals surface area contributed by atoms with Crippen molar-refractivity contribution in [2.45, 2.75) is 27.3 Å². The Morgan fingerprint density at radius 3 is 2.83 bits per heavy atom. The van der Waals surface area contributed by atoms with Gasteiger partial charge in [0.05, 0.1) is 0 Å². The Hall–Kier alpha value is -0.760. The van der Waals surface area contributed by atoms with Crippen molar-refractivity contribution in [2.24, 2.45) is 0 Å². The third-order valence-corrected chi connectivity index (χ3v) is 2.67. The summed E-state index contributed by atoms with van der Waals surface area (Å²) in [7, 11) is 0. The Labute approximate surface area is 78.1 Å². The maximum atomic E-state index is 3.23. The van der Waals surface area contributed by atoms with E-state index in [-0.39, 0.29) is 0 Å². The zero-order valence-electron chi connectivity index (χ0n) is 7.85. The van der Waals surface area contributed by atoms with E-state index in [1.807, 2.05) is 25.2 Å². The molecule has 1 nitrogen and oxygen atoms in total. The molecular weight excluding hydrogens is 166 g/mol. The second-order valence-electron chi connectivity index (χ2n) is 2.47. The molecule has 0 fully saturated rings. The summed E-state index contributed by atoms with van der Waals surface area (Å²) >= 11 is 1.83. The SMILES string of the molecule is CC.CC1=CNCc2sccc21. The topological polar surface area (TPSA) is 12.0 Å². The van der Waals surface area contributed by atoms with E-state index in [2.05, 4.69) is 29.9 Å². The van der Waals surface area contributed by atoms with Gasteiger partial charge in [0.1, 0.15) is 0 Å². The van der Waals surface area contributed by atoms with Gasteiger partial charge in [-0.15, -0.1) is 11.3 Å². The van der Waals surface area contributed by atoms with Crippen molar-refractivity contribution in [1.82, 2.24) is 5.32 Å². The summed E-state index contributed by atoms with van der Waals surface area (Å²) in [5.41, 5.74) is 2.77. The summed E-state index contributed by atoms with van der Waals surface area (Å²) < 4.78 is 0. The number of hydrogen-bond acceptors (Lipinski definition) is 2. The molecule has 0 bridgehead atoms. The molecule has 1 aromatic rings. The van der Waals surface area contributed by atoms with Gasteiger partial charge in [-0.3, -0.25) is 0 Å². The van der Waals surface area contributed by atoms with Gasteiger partial charge >= 0.3 is 0 Å². The van der Waals surface area contributed by atoms with Crippen LogP contribution in [0.2, 0.25) is 0 Å². The molecule has 0 aromatic carbocycles. The maximum Gasteiger partial charge on any atom is 0.0494 e. The summed E-state index contributed by atoms with van der Waals surface area (Å²) in [6.07, 6.45) is 2.08. The van der Waals surface area contributed by atoms with Crippen molar-refractivity contribution < 1.29 is 0 Å². The van der Waals surface area contributed by atoms with Crippen molar-refractivity contribution in [3.8, 4) is 0 Å². The summed E-state index contributed by atoms with van der Waals surface area (Å²) in [4.78, 5) is 1.46. The molecule has 66 valence electrons. The number of fused-ring (bicyclic) bond motifs is 1. The third kappa shape index (κ3) is 1.69. The number of hydrogen-bond donors (Lipinski definition) is 1. The minimum absolute atomic E-state index is 1.00. The number of nitrogens with one attached hydrogen (secondary N) is 1. The van der Waals surface area contributed by atoms with E-state index < -0.39 is 0 Å². The molecule has 2 heteroatoms. The van der Waals surface area contributed by atoms with E-state index in [1.165, 1.54) is 16.0 Å². The number of thiophene rings is 1. The lowest BCUT2D eigenvalue weighted by Crippen LogP contribution is -2.09. The molecule has 0 saturated carbocycles. The highest BCUT2D eigenvalue weighted by Gasteiger charge is 2.08. The van der Waals surface area contributed by atoms with E-state index in [1.54, 1.807) is 0 Å². The zero-order chi connectivity index (χ0) is 8.97. The van der Waals surface area contributed by atoms with Crippen LogP contribution in [0.5, 0.6) is 0 Å². The van der Waals surface area contributed by atoms with Crippen molar-refractivity contribution in [3.63, 3.8) is 0 Å². The van der Waals surface area contributed by atoms with Crippen LogP contribution in [-0.4, -0.2) is 0 Å². The van der Waals surface area contributed by atoms with E-state index in [9.17, 15) is 0 Å².